The quantitative estimate of drug-likeness (QED) is 0.781. The van der Waals surface area contributed by atoms with Crippen molar-refractivity contribution < 1.29 is 18.0 Å². The average Bonchev–Trinajstić information content (AvgIpc) is 2.72. The van der Waals surface area contributed by atoms with Gasteiger partial charge in [0.2, 0.25) is 0 Å². The maximum Gasteiger partial charge on any atom is 0.417 e. The van der Waals surface area contributed by atoms with Gasteiger partial charge in [0.05, 0.1) is 5.56 Å². The lowest BCUT2D eigenvalue weighted by molar-refractivity contribution is -0.137. The van der Waals surface area contributed by atoms with Crippen LogP contribution in [0.2, 0.25) is 0 Å². The Labute approximate surface area is 162 Å². The monoisotopic (exact) mass is 389 g/mol. The number of halogens is 3. The van der Waals surface area contributed by atoms with Crippen LogP contribution < -0.4 is 4.90 Å². The van der Waals surface area contributed by atoms with E-state index in [1.165, 1.54) is 30.0 Å². The highest BCUT2D eigenvalue weighted by atomic mass is 19.4. The number of fused-ring (bicyclic) bond motifs is 1. The molecule has 1 aromatic carbocycles. The van der Waals surface area contributed by atoms with Gasteiger partial charge in [-0.15, -0.1) is 0 Å². The molecule has 0 unspecified atom stereocenters. The smallest absolute Gasteiger partial charge is 0.353 e. The van der Waals surface area contributed by atoms with Gasteiger partial charge in [-0.3, -0.25) is 4.79 Å². The number of hydrogen-bond donors (Lipinski definition) is 0. The molecule has 0 saturated carbocycles. The van der Waals surface area contributed by atoms with Gasteiger partial charge in [-0.2, -0.15) is 13.2 Å². The molecule has 1 fully saturated rings. The van der Waals surface area contributed by atoms with Gasteiger partial charge in [0.1, 0.15) is 5.82 Å². The number of alkyl halides is 3. The van der Waals surface area contributed by atoms with E-state index in [0.717, 1.165) is 30.7 Å². The minimum atomic E-state index is -4.38. The standard InChI is InChI=1S/C21H22F3N3O/c22-21(23,24)18-7-8-19(25-14-18)26-9-11-27(12-10-26)20(28)17-6-5-15-3-1-2-4-16(15)13-17/h5-8,13-14H,1-4,9-12H2. The first-order valence-corrected chi connectivity index (χ1v) is 9.61. The average molecular weight is 389 g/mol. The minimum Gasteiger partial charge on any atom is -0.353 e. The number of benzene rings is 1. The third-order valence-corrected chi connectivity index (χ3v) is 5.56. The number of carbonyl (C=O) groups is 1. The molecule has 1 aliphatic carbocycles. The summed E-state index contributed by atoms with van der Waals surface area (Å²) in [6, 6.07) is 8.46. The molecule has 0 atom stereocenters. The van der Waals surface area contributed by atoms with Crippen molar-refractivity contribution in [1.82, 2.24) is 9.88 Å². The van der Waals surface area contributed by atoms with Gasteiger partial charge in [0.25, 0.3) is 5.91 Å². The molecule has 0 N–H and O–H groups in total. The molecule has 148 valence electrons. The highest BCUT2D eigenvalue weighted by Gasteiger charge is 2.31. The summed E-state index contributed by atoms with van der Waals surface area (Å²) in [6.07, 6.45) is 0.974. The van der Waals surface area contributed by atoms with Crippen molar-refractivity contribution >= 4 is 11.7 Å². The van der Waals surface area contributed by atoms with Crippen LogP contribution in [-0.2, 0) is 19.0 Å². The Morgan fingerprint density at radius 1 is 0.929 bits per heavy atom. The summed E-state index contributed by atoms with van der Waals surface area (Å²) in [5.74, 6) is 0.530. The van der Waals surface area contributed by atoms with Crippen LogP contribution in [0.4, 0.5) is 19.0 Å². The normalized spacial score (nSPS) is 17.4. The Morgan fingerprint density at radius 3 is 2.29 bits per heavy atom. The van der Waals surface area contributed by atoms with Crippen LogP contribution in [0.5, 0.6) is 0 Å². The summed E-state index contributed by atoms with van der Waals surface area (Å²) in [6.45, 7) is 2.15. The van der Waals surface area contributed by atoms with Crippen molar-refractivity contribution in [3.8, 4) is 0 Å². The fourth-order valence-corrected chi connectivity index (χ4v) is 3.93. The number of hydrogen-bond acceptors (Lipinski definition) is 3. The van der Waals surface area contributed by atoms with Gasteiger partial charge < -0.3 is 9.80 Å². The maximum absolute atomic E-state index is 12.9. The van der Waals surface area contributed by atoms with Crippen LogP contribution in [0.25, 0.3) is 0 Å². The second kappa shape index (κ2) is 7.45. The number of anilines is 1. The second-order valence-electron chi connectivity index (χ2n) is 7.37. The zero-order valence-corrected chi connectivity index (χ0v) is 15.5. The molecule has 4 rings (SSSR count). The van der Waals surface area contributed by atoms with Crippen LogP contribution in [0.1, 0.15) is 39.9 Å². The molecular weight excluding hydrogens is 367 g/mol. The third-order valence-electron chi connectivity index (χ3n) is 5.56. The first kappa shape index (κ1) is 18.8. The number of pyridine rings is 1. The fourth-order valence-electron chi connectivity index (χ4n) is 3.93. The number of rotatable bonds is 2. The summed E-state index contributed by atoms with van der Waals surface area (Å²) in [7, 11) is 0. The molecule has 1 saturated heterocycles. The predicted molar refractivity (Wildman–Crippen MR) is 100 cm³/mol. The lowest BCUT2D eigenvalue weighted by Crippen LogP contribution is -2.49. The van der Waals surface area contributed by atoms with Gasteiger partial charge in [-0.25, -0.2) is 4.98 Å². The summed E-state index contributed by atoms with van der Waals surface area (Å²) >= 11 is 0. The number of carbonyl (C=O) groups excluding carboxylic acids is 1. The summed E-state index contributed by atoms with van der Waals surface area (Å²) in [4.78, 5) is 20.5. The third kappa shape index (κ3) is 3.84. The van der Waals surface area contributed by atoms with E-state index in [4.69, 9.17) is 0 Å². The predicted octanol–water partition coefficient (Wildman–Crippen LogP) is 3.94. The number of aryl methyl sites for hydroxylation is 2. The van der Waals surface area contributed by atoms with Crippen LogP contribution in [0, 0.1) is 0 Å². The molecule has 0 bridgehead atoms. The molecule has 28 heavy (non-hydrogen) atoms. The fraction of sp³-hybridized carbons (Fsp3) is 0.429. The van der Waals surface area contributed by atoms with E-state index < -0.39 is 11.7 Å². The van der Waals surface area contributed by atoms with E-state index in [1.54, 1.807) is 0 Å². The molecule has 1 aromatic heterocycles. The van der Waals surface area contributed by atoms with E-state index in [-0.39, 0.29) is 5.91 Å². The maximum atomic E-state index is 12.9. The SMILES string of the molecule is O=C(c1ccc2c(c1)CCCC2)N1CCN(c2ccc(C(F)(F)F)cn2)CC1. The van der Waals surface area contributed by atoms with Gasteiger partial charge in [0.15, 0.2) is 0 Å². The molecule has 2 aromatic rings. The van der Waals surface area contributed by atoms with Gasteiger partial charge in [-0.1, -0.05) is 6.07 Å². The Hall–Kier alpha value is -2.57. The molecular formula is C21H22F3N3O. The molecule has 0 radical (unpaired) electrons. The Morgan fingerprint density at radius 2 is 1.64 bits per heavy atom. The number of aromatic nitrogens is 1. The molecule has 7 heteroatoms. The number of amides is 1. The first-order chi connectivity index (χ1) is 13.4. The topological polar surface area (TPSA) is 36.4 Å². The van der Waals surface area contributed by atoms with Crippen LogP contribution in [-0.4, -0.2) is 42.0 Å². The summed E-state index contributed by atoms with van der Waals surface area (Å²) < 4.78 is 38.0. The van der Waals surface area contributed by atoms with Crippen LogP contribution >= 0.6 is 0 Å². The van der Waals surface area contributed by atoms with Crippen molar-refractivity contribution in [1.29, 1.82) is 0 Å². The molecule has 0 spiro atoms. The van der Waals surface area contributed by atoms with Crippen molar-refractivity contribution in [3.63, 3.8) is 0 Å². The lowest BCUT2D eigenvalue weighted by atomic mass is 9.90. The zero-order chi connectivity index (χ0) is 19.7. The molecule has 4 nitrogen and oxygen atoms in total. The van der Waals surface area contributed by atoms with Gasteiger partial charge in [-0.05, 0) is 61.1 Å². The first-order valence-electron chi connectivity index (χ1n) is 9.61. The highest BCUT2D eigenvalue weighted by Crippen LogP contribution is 2.29. The number of piperazine rings is 1. The Balaban J connectivity index is 1.39. The van der Waals surface area contributed by atoms with Gasteiger partial charge >= 0.3 is 6.18 Å². The highest BCUT2D eigenvalue weighted by molar-refractivity contribution is 5.94. The van der Waals surface area contributed by atoms with Crippen LogP contribution in [0.3, 0.4) is 0 Å². The molecule has 2 aliphatic rings. The van der Waals surface area contributed by atoms with Crippen molar-refractivity contribution in [3.05, 3.63) is 58.8 Å². The lowest BCUT2D eigenvalue weighted by Gasteiger charge is -2.35. The molecule has 1 amide bonds. The van der Waals surface area contributed by atoms with E-state index >= 15 is 0 Å². The summed E-state index contributed by atoms with van der Waals surface area (Å²) in [5, 5.41) is 0. The second-order valence-corrected chi connectivity index (χ2v) is 7.37. The van der Waals surface area contributed by atoms with E-state index in [1.807, 2.05) is 21.9 Å². The molecule has 2 heterocycles. The largest absolute Gasteiger partial charge is 0.417 e. The van der Waals surface area contributed by atoms with Crippen LogP contribution in [0.15, 0.2) is 36.5 Å². The van der Waals surface area contributed by atoms with E-state index in [2.05, 4.69) is 11.1 Å². The minimum absolute atomic E-state index is 0.0217. The van der Waals surface area contributed by atoms with E-state index in [9.17, 15) is 18.0 Å². The Kier molecular flexibility index (Phi) is 5.00. The summed E-state index contributed by atoms with van der Waals surface area (Å²) in [5.41, 5.74) is 2.60. The molecule has 1 aliphatic heterocycles. The van der Waals surface area contributed by atoms with Gasteiger partial charge in [0, 0.05) is 37.9 Å². The van der Waals surface area contributed by atoms with Crippen molar-refractivity contribution in [2.24, 2.45) is 0 Å². The zero-order valence-electron chi connectivity index (χ0n) is 15.5. The van der Waals surface area contributed by atoms with Crippen molar-refractivity contribution in [2.75, 3.05) is 31.1 Å². The Bertz CT molecular complexity index is 856. The van der Waals surface area contributed by atoms with Crippen molar-refractivity contribution in [2.45, 2.75) is 31.9 Å². The van der Waals surface area contributed by atoms with E-state index in [0.29, 0.717) is 32.0 Å². The number of nitrogens with zero attached hydrogens (tertiary/aromatic N) is 3.